The third-order valence-electron chi connectivity index (χ3n) is 4.18. The van der Waals surface area contributed by atoms with Gasteiger partial charge in [0.2, 0.25) is 0 Å². The number of ether oxygens (including phenoxy) is 1. The van der Waals surface area contributed by atoms with Crippen molar-refractivity contribution in [2.75, 3.05) is 5.32 Å². The minimum Gasteiger partial charge on any atom is -0.449 e. The fourth-order valence-corrected chi connectivity index (χ4v) is 4.69. The van der Waals surface area contributed by atoms with E-state index in [1.54, 1.807) is 16.8 Å². The lowest BCUT2D eigenvalue weighted by molar-refractivity contribution is -0.123. The molecule has 0 aliphatic heterocycles. The molecule has 130 valence electrons. The SMILES string of the molecule is C[C@H](OC(=O)c1ccsc1)C(=O)Nc1sc2c(c1C#N)CCCCC2. The van der Waals surface area contributed by atoms with Gasteiger partial charge in [0.05, 0.1) is 11.1 Å². The summed E-state index contributed by atoms with van der Waals surface area (Å²) < 4.78 is 5.20. The Kier molecular flexibility index (Phi) is 5.51. The van der Waals surface area contributed by atoms with Crippen molar-refractivity contribution in [3.63, 3.8) is 0 Å². The molecule has 0 saturated heterocycles. The van der Waals surface area contributed by atoms with E-state index in [1.165, 1.54) is 40.9 Å². The average molecular weight is 374 g/mol. The second-order valence-corrected chi connectivity index (χ2v) is 7.81. The van der Waals surface area contributed by atoms with Crippen molar-refractivity contribution in [2.45, 2.75) is 45.1 Å². The highest BCUT2D eigenvalue weighted by Crippen LogP contribution is 2.37. The number of amides is 1. The van der Waals surface area contributed by atoms with E-state index in [1.807, 2.05) is 0 Å². The molecule has 0 saturated carbocycles. The summed E-state index contributed by atoms with van der Waals surface area (Å²) >= 11 is 2.86. The minimum absolute atomic E-state index is 0.420. The van der Waals surface area contributed by atoms with E-state index in [9.17, 15) is 14.9 Å². The van der Waals surface area contributed by atoms with Gasteiger partial charge in [-0.05, 0) is 49.6 Å². The van der Waals surface area contributed by atoms with Crippen molar-refractivity contribution in [3.8, 4) is 6.07 Å². The van der Waals surface area contributed by atoms with Crippen molar-refractivity contribution < 1.29 is 14.3 Å². The molecule has 3 rings (SSSR count). The summed E-state index contributed by atoms with van der Waals surface area (Å²) in [6, 6.07) is 3.88. The summed E-state index contributed by atoms with van der Waals surface area (Å²) in [5.74, 6) is -0.942. The van der Waals surface area contributed by atoms with Crippen LogP contribution in [0.1, 0.15) is 52.5 Å². The van der Waals surface area contributed by atoms with Gasteiger partial charge in [-0.3, -0.25) is 4.79 Å². The number of nitrogens with one attached hydrogen (secondary N) is 1. The number of hydrogen-bond donors (Lipinski definition) is 1. The number of hydrogen-bond acceptors (Lipinski definition) is 6. The summed E-state index contributed by atoms with van der Waals surface area (Å²) in [5, 5.41) is 16.3. The van der Waals surface area contributed by atoms with Crippen LogP contribution in [0.15, 0.2) is 16.8 Å². The van der Waals surface area contributed by atoms with Crippen LogP contribution in [0.25, 0.3) is 0 Å². The van der Waals surface area contributed by atoms with E-state index in [4.69, 9.17) is 4.74 Å². The third kappa shape index (κ3) is 3.91. The molecule has 0 fully saturated rings. The van der Waals surface area contributed by atoms with Crippen LogP contribution in [0.3, 0.4) is 0 Å². The molecule has 0 unspecified atom stereocenters. The number of nitrogens with zero attached hydrogens (tertiary/aromatic N) is 1. The Morgan fingerprint density at radius 2 is 2.12 bits per heavy atom. The Bertz CT molecular complexity index is 818. The molecular formula is C18H18N2O3S2. The first-order valence-corrected chi connectivity index (χ1v) is 9.94. The number of carbonyl (C=O) groups excluding carboxylic acids is 2. The van der Waals surface area contributed by atoms with Crippen molar-refractivity contribution >= 4 is 39.6 Å². The molecule has 0 aromatic carbocycles. The highest BCUT2D eigenvalue weighted by atomic mass is 32.1. The van der Waals surface area contributed by atoms with E-state index in [0.29, 0.717) is 16.1 Å². The van der Waals surface area contributed by atoms with E-state index in [-0.39, 0.29) is 0 Å². The van der Waals surface area contributed by atoms with Gasteiger partial charge in [-0.25, -0.2) is 4.79 Å². The number of esters is 1. The predicted octanol–water partition coefficient (Wildman–Crippen LogP) is 4.13. The van der Waals surface area contributed by atoms with Crippen LogP contribution in [0.4, 0.5) is 5.00 Å². The van der Waals surface area contributed by atoms with Gasteiger partial charge in [-0.1, -0.05) is 6.42 Å². The normalized spacial score (nSPS) is 14.7. The van der Waals surface area contributed by atoms with Crippen molar-refractivity contribution in [3.05, 3.63) is 38.4 Å². The Hall–Kier alpha value is -2.17. The van der Waals surface area contributed by atoms with E-state index in [0.717, 1.165) is 31.2 Å². The highest BCUT2D eigenvalue weighted by Gasteiger charge is 2.24. The molecule has 1 aliphatic rings. The van der Waals surface area contributed by atoms with Gasteiger partial charge in [0, 0.05) is 10.3 Å². The van der Waals surface area contributed by atoms with E-state index >= 15 is 0 Å². The van der Waals surface area contributed by atoms with Crippen molar-refractivity contribution in [1.82, 2.24) is 0 Å². The number of nitriles is 1. The molecule has 0 bridgehead atoms. The molecule has 2 aromatic heterocycles. The summed E-state index contributed by atoms with van der Waals surface area (Å²) in [7, 11) is 0. The van der Waals surface area contributed by atoms with Crippen LogP contribution >= 0.6 is 22.7 Å². The van der Waals surface area contributed by atoms with Crippen LogP contribution in [-0.4, -0.2) is 18.0 Å². The Morgan fingerprint density at radius 3 is 2.84 bits per heavy atom. The fourth-order valence-electron chi connectivity index (χ4n) is 2.83. The summed E-state index contributed by atoms with van der Waals surface area (Å²) in [5.41, 5.74) is 2.07. The first kappa shape index (κ1) is 17.6. The lowest BCUT2D eigenvalue weighted by Gasteiger charge is -2.12. The fraction of sp³-hybridized carbons (Fsp3) is 0.389. The van der Waals surface area contributed by atoms with Gasteiger partial charge in [-0.2, -0.15) is 16.6 Å². The zero-order valence-corrected chi connectivity index (χ0v) is 15.5. The monoisotopic (exact) mass is 374 g/mol. The van der Waals surface area contributed by atoms with E-state index < -0.39 is 18.0 Å². The van der Waals surface area contributed by atoms with Gasteiger partial charge >= 0.3 is 5.97 Å². The highest BCUT2D eigenvalue weighted by molar-refractivity contribution is 7.16. The van der Waals surface area contributed by atoms with Crippen LogP contribution in [-0.2, 0) is 22.4 Å². The second-order valence-electron chi connectivity index (χ2n) is 5.93. The van der Waals surface area contributed by atoms with Crippen LogP contribution in [0.5, 0.6) is 0 Å². The average Bonchev–Trinajstić information content (AvgIpc) is 3.18. The number of thiophene rings is 2. The van der Waals surface area contributed by atoms with Gasteiger partial charge in [-0.15, -0.1) is 11.3 Å². The summed E-state index contributed by atoms with van der Waals surface area (Å²) in [4.78, 5) is 25.5. The van der Waals surface area contributed by atoms with Gasteiger partial charge < -0.3 is 10.1 Å². The maximum absolute atomic E-state index is 12.4. The zero-order chi connectivity index (χ0) is 17.8. The Morgan fingerprint density at radius 1 is 1.32 bits per heavy atom. The van der Waals surface area contributed by atoms with Gasteiger partial charge in [0.25, 0.3) is 5.91 Å². The standard InChI is InChI=1S/C18H18N2O3S2/c1-11(23-18(22)12-7-8-24-10-12)16(21)20-17-14(9-19)13-5-3-2-4-6-15(13)25-17/h7-8,10-11H,2-6H2,1H3,(H,20,21)/t11-/m0/s1. The van der Waals surface area contributed by atoms with Crippen molar-refractivity contribution in [2.24, 2.45) is 0 Å². The van der Waals surface area contributed by atoms with E-state index in [2.05, 4.69) is 11.4 Å². The molecule has 1 amide bonds. The van der Waals surface area contributed by atoms with Gasteiger partial charge in [0.1, 0.15) is 11.1 Å². The molecular weight excluding hydrogens is 356 g/mol. The third-order valence-corrected chi connectivity index (χ3v) is 6.07. The van der Waals surface area contributed by atoms with Crippen LogP contribution < -0.4 is 5.32 Å². The molecule has 25 heavy (non-hydrogen) atoms. The molecule has 1 N–H and O–H groups in total. The number of carbonyl (C=O) groups is 2. The Balaban J connectivity index is 1.70. The molecule has 1 aliphatic carbocycles. The van der Waals surface area contributed by atoms with Crippen LogP contribution in [0.2, 0.25) is 0 Å². The first-order valence-electron chi connectivity index (χ1n) is 8.19. The quantitative estimate of drug-likeness (QED) is 0.644. The second kappa shape index (κ2) is 7.81. The smallest absolute Gasteiger partial charge is 0.339 e. The topological polar surface area (TPSA) is 79.2 Å². The largest absolute Gasteiger partial charge is 0.449 e. The first-order chi connectivity index (χ1) is 12.1. The molecule has 0 radical (unpaired) electrons. The molecule has 1 atom stereocenters. The summed E-state index contributed by atoms with van der Waals surface area (Å²) in [6.45, 7) is 1.53. The lowest BCUT2D eigenvalue weighted by Crippen LogP contribution is -2.29. The molecule has 5 nitrogen and oxygen atoms in total. The van der Waals surface area contributed by atoms with Gasteiger partial charge in [0.15, 0.2) is 6.10 Å². The number of rotatable bonds is 4. The molecule has 2 heterocycles. The zero-order valence-electron chi connectivity index (χ0n) is 13.8. The number of fused-ring (bicyclic) bond motifs is 1. The van der Waals surface area contributed by atoms with Crippen molar-refractivity contribution in [1.29, 1.82) is 5.26 Å². The maximum Gasteiger partial charge on any atom is 0.339 e. The molecule has 2 aromatic rings. The minimum atomic E-state index is -0.930. The Labute approximate surface area is 154 Å². The molecule has 7 heteroatoms. The predicted molar refractivity (Wildman–Crippen MR) is 98.1 cm³/mol. The summed E-state index contributed by atoms with van der Waals surface area (Å²) in [6.07, 6.45) is 4.26. The van der Waals surface area contributed by atoms with Crippen LogP contribution in [0, 0.1) is 11.3 Å². The maximum atomic E-state index is 12.4. The molecule has 0 spiro atoms. The lowest BCUT2D eigenvalue weighted by atomic mass is 10.1. The number of aryl methyl sites for hydroxylation is 1. The number of anilines is 1.